The Hall–Kier alpha value is -3.49. The van der Waals surface area contributed by atoms with E-state index in [4.69, 9.17) is 16.3 Å². The molecule has 0 unspecified atom stereocenters. The summed E-state index contributed by atoms with van der Waals surface area (Å²) in [5.74, 6) is -2.01. The van der Waals surface area contributed by atoms with Crippen molar-refractivity contribution in [3.05, 3.63) is 39.5 Å². The SMILES string of the molecule is CCNC(=O)N[C@H](CNC(=O)c1ccc(Cl)s1)C(=O)Nc1ccc(N2CCOCC2=O)c(OC(F)F)c1. The lowest BCUT2D eigenvalue weighted by Gasteiger charge is -2.28. The highest BCUT2D eigenvalue weighted by Crippen LogP contribution is 2.33. The number of ether oxygens (including phenoxy) is 2. The molecule has 1 saturated heterocycles. The van der Waals surface area contributed by atoms with Gasteiger partial charge in [0.25, 0.3) is 11.8 Å². The summed E-state index contributed by atoms with van der Waals surface area (Å²) in [5, 5.41) is 9.99. The minimum Gasteiger partial charge on any atom is -0.433 e. The van der Waals surface area contributed by atoms with Crippen molar-refractivity contribution in [2.24, 2.45) is 0 Å². The van der Waals surface area contributed by atoms with Gasteiger partial charge in [0.1, 0.15) is 12.6 Å². The summed E-state index contributed by atoms with van der Waals surface area (Å²) in [4.78, 5) is 51.2. The third-order valence-corrected chi connectivity index (χ3v) is 6.17. The fourth-order valence-electron chi connectivity index (χ4n) is 3.30. The second-order valence-electron chi connectivity index (χ2n) is 7.52. The van der Waals surface area contributed by atoms with Gasteiger partial charge >= 0.3 is 12.6 Å². The van der Waals surface area contributed by atoms with E-state index in [1.807, 2.05) is 0 Å². The van der Waals surface area contributed by atoms with Crippen LogP contribution in [0.2, 0.25) is 4.34 Å². The van der Waals surface area contributed by atoms with Crippen molar-refractivity contribution in [3.63, 3.8) is 0 Å². The zero-order chi connectivity index (χ0) is 26.9. The highest BCUT2D eigenvalue weighted by molar-refractivity contribution is 7.18. The van der Waals surface area contributed by atoms with E-state index in [0.717, 1.165) is 17.4 Å². The van der Waals surface area contributed by atoms with Gasteiger partial charge in [0.2, 0.25) is 5.91 Å². The van der Waals surface area contributed by atoms with Gasteiger partial charge in [0.15, 0.2) is 5.75 Å². The van der Waals surface area contributed by atoms with Crippen molar-refractivity contribution >= 4 is 58.1 Å². The second-order valence-corrected chi connectivity index (χ2v) is 9.23. The maximum atomic E-state index is 13.1. The first-order valence-corrected chi connectivity index (χ1v) is 12.2. The van der Waals surface area contributed by atoms with Gasteiger partial charge in [-0.1, -0.05) is 11.6 Å². The third kappa shape index (κ3) is 8.00. The van der Waals surface area contributed by atoms with Crippen molar-refractivity contribution < 1.29 is 37.4 Å². The van der Waals surface area contributed by atoms with Crippen molar-refractivity contribution in [1.29, 1.82) is 0 Å². The number of halogens is 3. The van der Waals surface area contributed by atoms with E-state index in [1.54, 1.807) is 13.0 Å². The predicted octanol–water partition coefficient (Wildman–Crippen LogP) is 2.42. The molecule has 1 aliphatic heterocycles. The average Bonchev–Trinajstić information content (AvgIpc) is 3.28. The number of anilines is 2. The molecular formula is C22H24ClF2N5O6S. The Morgan fingerprint density at radius 3 is 2.65 bits per heavy atom. The van der Waals surface area contributed by atoms with Crippen LogP contribution in [0.5, 0.6) is 5.75 Å². The first kappa shape index (κ1) is 28.1. The molecule has 2 aromatic rings. The third-order valence-electron chi connectivity index (χ3n) is 4.94. The lowest BCUT2D eigenvalue weighted by Crippen LogP contribution is -2.53. The van der Waals surface area contributed by atoms with Gasteiger partial charge in [-0.25, -0.2) is 4.79 Å². The number of rotatable bonds is 10. The second kappa shape index (κ2) is 13.2. The van der Waals surface area contributed by atoms with Crippen LogP contribution in [0.15, 0.2) is 30.3 Å². The Labute approximate surface area is 219 Å². The molecule has 0 saturated carbocycles. The molecule has 3 rings (SSSR count). The van der Waals surface area contributed by atoms with Crippen LogP contribution in [0, 0.1) is 0 Å². The molecule has 1 aromatic carbocycles. The molecule has 1 fully saturated rings. The zero-order valence-corrected chi connectivity index (χ0v) is 21.1. The summed E-state index contributed by atoms with van der Waals surface area (Å²) in [7, 11) is 0. The smallest absolute Gasteiger partial charge is 0.387 e. The first-order valence-electron chi connectivity index (χ1n) is 11.0. The number of nitrogens with zero attached hydrogens (tertiary/aromatic N) is 1. The first-order chi connectivity index (χ1) is 17.7. The monoisotopic (exact) mass is 559 g/mol. The van der Waals surface area contributed by atoms with E-state index in [0.29, 0.717) is 9.21 Å². The molecule has 0 spiro atoms. The number of morpholine rings is 1. The van der Waals surface area contributed by atoms with E-state index >= 15 is 0 Å². The van der Waals surface area contributed by atoms with Gasteiger partial charge in [-0.05, 0) is 31.2 Å². The molecule has 1 aliphatic rings. The highest BCUT2D eigenvalue weighted by Gasteiger charge is 2.26. The van der Waals surface area contributed by atoms with Crippen LogP contribution in [-0.4, -0.2) is 69.3 Å². The summed E-state index contributed by atoms with van der Waals surface area (Å²) in [6.45, 7) is -1.35. The highest BCUT2D eigenvalue weighted by atomic mass is 35.5. The topological polar surface area (TPSA) is 138 Å². The van der Waals surface area contributed by atoms with Crippen LogP contribution >= 0.6 is 22.9 Å². The molecule has 5 amide bonds. The average molecular weight is 560 g/mol. The van der Waals surface area contributed by atoms with Gasteiger partial charge in [-0.3, -0.25) is 14.4 Å². The van der Waals surface area contributed by atoms with Crippen LogP contribution in [0.3, 0.4) is 0 Å². The number of urea groups is 1. The number of thiophene rings is 1. The van der Waals surface area contributed by atoms with Gasteiger partial charge in [-0.15, -0.1) is 11.3 Å². The summed E-state index contributed by atoms with van der Waals surface area (Å²) in [6, 6.07) is 5.06. The molecule has 0 bridgehead atoms. The Morgan fingerprint density at radius 2 is 2.00 bits per heavy atom. The molecule has 200 valence electrons. The van der Waals surface area contributed by atoms with Crippen molar-refractivity contribution in [2.45, 2.75) is 19.6 Å². The molecule has 37 heavy (non-hydrogen) atoms. The van der Waals surface area contributed by atoms with Gasteiger partial charge in [0, 0.05) is 31.4 Å². The number of amides is 5. The van der Waals surface area contributed by atoms with Crippen LogP contribution in [0.25, 0.3) is 0 Å². The van der Waals surface area contributed by atoms with E-state index < -0.39 is 36.4 Å². The molecule has 1 atom stereocenters. The van der Waals surface area contributed by atoms with Crippen molar-refractivity contribution in [2.75, 3.05) is 43.1 Å². The Morgan fingerprint density at radius 1 is 1.22 bits per heavy atom. The van der Waals surface area contributed by atoms with Gasteiger partial charge < -0.3 is 35.6 Å². The Balaban J connectivity index is 1.76. The number of carbonyl (C=O) groups is 4. The zero-order valence-electron chi connectivity index (χ0n) is 19.5. The molecule has 15 heteroatoms. The van der Waals surface area contributed by atoms with Crippen LogP contribution in [-0.2, 0) is 14.3 Å². The largest absolute Gasteiger partial charge is 0.433 e. The molecule has 11 nitrogen and oxygen atoms in total. The summed E-state index contributed by atoms with van der Waals surface area (Å²) in [5.41, 5.74) is 0.148. The molecule has 0 radical (unpaired) electrons. The Kier molecular flexibility index (Phi) is 10.00. The number of hydrogen-bond acceptors (Lipinski definition) is 7. The van der Waals surface area contributed by atoms with Gasteiger partial charge in [0.05, 0.1) is 21.5 Å². The van der Waals surface area contributed by atoms with Crippen LogP contribution < -0.4 is 30.9 Å². The fraction of sp³-hybridized carbons (Fsp3) is 0.364. The fourth-order valence-corrected chi connectivity index (χ4v) is 4.26. The summed E-state index contributed by atoms with van der Waals surface area (Å²) >= 11 is 6.89. The van der Waals surface area contributed by atoms with Crippen LogP contribution in [0.4, 0.5) is 25.0 Å². The quantitative estimate of drug-likeness (QED) is 0.353. The van der Waals surface area contributed by atoms with Crippen LogP contribution in [0.1, 0.15) is 16.6 Å². The standard InChI is InChI=1S/C22H24ClF2N5O6S/c1-2-26-22(34)29-13(10-27-20(33)16-5-6-17(23)37-16)19(32)28-12-3-4-14(15(9-12)36-21(24)25)30-7-8-35-11-18(30)31/h3-6,9,13,21H,2,7-8,10-11H2,1H3,(H,27,33)(H,28,32)(H2,26,29,34)/t13-/m1/s1. The maximum Gasteiger partial charge on any atom is 0.387 e. The van der Waals surface area contributed by atoms with E-state index in [-0.39, 0.29) is 50.0 Å². The molecule has 0 aliphatic carbocycles. The lowest BCUT2D eigenvalue weighted by molar-refractivity contribution is -0.125. The molecule has 1 aromatic heterocycles. The number of alkyl halides is 2. The van der Waals surface area contributed by atoms with Crippen molar-refractivity contribution in [3.8, 4) is 5.75 Å². The Bertz CT molecular complexity index is 1150. The van der Waals surface area contributed by atoms with E-state index in [9.17, 15) is 28.0 Å². The number of benzene rings is 1. The number of nitrogens with one attached hydrogen (secondary N) is 4. The lowest BCUT2D eigenvalue weighted by atomic mass is 10.2. The maximum absolute atomic E-state index is 13.1. The van der Waals surface area contributed by atoms with E-state index in [2.05, 4.69) is 26.0 Å². The molecular weight excluding hydrogens is 536 g/mol. The predicted molar refractivity (Wildman–Crippen MR) is 133 cm³/mol. The van der Waals surface area contributed by atoms with Gasteiger partial charge in [-0.2, -0.15) is 8.78 Å². The van der Waals surface area contributed by atoms with E-state index in [1.165, 1.54) is 23.1 Å². The number of hydrogen-bond donors (Lipinski definition) is 4. The summed E-state index contributed by atoms with van der Waals surface area (Å²) < 4.78 is 36.2. The minimum absolute atomic E-state index is 0.0594. The molecule has 2 heterocycles. The molecule has 4 N–H and O–H groups in total. The summed E-state index contributed by atoms with van der Waals surface area (Å²) in [6.07, 6.45) is 0. The minimum atomic E-state index is -3.19. The number of carbonyl (C=O) groups excluding carboxylic acids is 4. The normalized spacial score (nSPS) is 14.2. The van der Waals surface area contributed by atoms with Crippen molar-refractivity contribution in [1.82, 2.24) is 16.0 Å².